The third-order valence-electron chi connectivity index (χ3n) is 5.13. The van der Waals surface area contributed by atoms with E-state index < -0.39 is 0 Å². The third-order valence-corrected chi connectivity index (χ3v) is 5.13. The van der Waals surface area contributed by atoms with E-state index in [1.807, 2.05) is 42.5 Å². The maximum Gasteiger partial charge on any atom is 0.251 e. The molecule has 0 fully saturated rings. The summed E-state index contributed by atoms with van der Waals surface area (Å²) < 4.78 is 11.2. The summed E-state index contributed by atoms with van der Waals surface area (Å²) >= 11 is 0. The SMILES string of the molecule is CN=C(NCCCOC(C)c1ccccc1)NCc1cccc(C(=O)NCc2ccco2)c1. The average Bonchev–Trinajstić information content (AvgIpc) is 3.38. The molecular weight excluding hydrogens is 416 g/mol. The largest absolute Gasteiger partial charge is 0.467 e. The fourth-order valence-corrected chi connectivity index (χ4v) is 3.27. The molecule has 7 heteroatoms. The number of nitrogens with zero attached hydrogens (tertiary/aromatic N) is 1. The van der Waals surface area contributed by atoms with Gasteiger partial charge in [-0.15, -0.1) is 0 Å². The highest BCUT2D eigenvalue weighted by molar-refractivity contribution is 5.94. The summed E-state index contributed by atoms with van der Waals surface area (Å²) in [7, 11) is 1.74. The summed E-state index contributed by atoms with van der Waals surface area (Å²) in [4.78, 5) is 16.7. The van der Waals surface area contributed by atoms with Crippen molar-refractivity contribution >= 4 is 11.9 Å². The number of guanidine groups is 1. The highest BCUT2D eigenvalue weighted by Crippen LogP contribution is 2.15. The van der Waals surface area contributed by atoms with Crippen LogP contribution < -0.4 is 16.0 Å². The molecule has 0 saturated carbocycles. The quantitative estimate of drug-likeness (QED) is 0.234. The summed E-state index contributed by atoms with van der Waals surface area (Å²) in [5.74, 6) is 1.29. The molecule has 1 aromatic heterocycles. The lowest BCUT2D eigenvalue weighted by molar-refractivity contribution is 0.0646. The maximum atomic E-state index is 12.4. The van der Waals surface area contributed by atoms with E-state index in [0.29, 0.717) is 31.2 Å². The fraction of sp³-hybridized carbons (Fsp3) is 0.308. The molecule has 0 bridgehead atoms. The predicted molar refractivity (Wildman–Crippen MR) is 130 cm³/mol. The van der Waals surface area contributed by atoms with E-state index in [2.05, 4.69) is 40.0 Å². The summed E-state index contributed by atoms with van der Waals surface area (Å²) in [6.45, 7) is 4.39. The number of carbonyl (C=O) groups excluding carboxylic acids is 1. The predicted octanol–water partition coefficient (Wildman–Crippen LogP) is 4.04. The Kier molecular flexibility index (Phi) is 9.54. The van der Waals surface area contributed by atoms with Crippen LogP contribution in [0.5, 0.6) is 0 Å². The van der Waals surface area contributed by atoms with Crippen molar-refractivity contribution in [2.45, 2.75) is 32.5 Å². The number of nitrogens with one attached hydrogen (secondary N) is 3. The van der Waals surface area contributed by atoms with Gasteiger partial charge in [0.15, 0.2) is 5.96 Å². The van der Waals surface area contributed by atoms with Gasteiger partial charge in [-0.25, -0.2) is 0 Å². The molecule has 33 heavy (non-hydrogen) atoms. The zero-order valence-corrected chi connectivity index (χ0v) is 19.2. The summed E-state index contributed by atoms with van der Waals surface area (Å²) in [6, 6.07) is 21.3. The molecule has 7 nitrogen and oxygen atoms in total. The molecule has 174 valence electrons. The number of carbonyl (C=O) groups is 1. The molecule has 0 aliphatic carbocycles. The normalized spacial score (nSPS) is 12.2. The van der Waals surface area contributed by atoms with Gasteiger partial charge in [0.25, 0.3) is 5.91 Å². The molecule has 3 rings (SSSR count). The molecule has 0 radical (unpaired) electrons. The number of ether oxygens (including phenoxy) is 1. The van der Waals surface area contributed by atoms with Gasteiger partial charge in [-0.3, -0.25) is 9.79 Å². The van der Waals surface area contributed by atoms with Gasteiger partial charge >= 0.3 is 0 Å². The van der Waals surface area contributed by atoms with Crippen LogP contribution in [0.3, 0.4) is 0 Å². The Labute approximate surface area is 195 Å². The van der Waals surface area contributed by atoms with Crippen molar-refractivity contribution < 1.29 is 13.9 Å². The van der Waals surface area contributed by atoms with Crippen molar-refractivity contribution in [3.63, 3.8) is 0 Å². The van der Waals surface area contributed by atoms with E-state index >= 15 is 0 Å². The van der Waals surface area contributed by atoms with Gasteiger partial charge in [0, 0.05) is 32.3 Å². The Morgan fingerprint density at radius 2 is 1.85 bits per heavy atom. The van der Waals surface area contributed by atoms with Crippen molar-refractivity contribution in [3.05, 3.63) is 95.4 Å². The van der Waals surface area contributed by atoms with Crippen molar-refractivity contribution in [2.24, 2.45) is 4.99 Å². The van der Waals surface area contributed by atoms with Gasteiger partial charge in [-0.1, -0.05) is 42.5 Å². The van der Waals surface area contributed by atoms with E-state index in [0.717, 1.165) is 24.3 Å². The maximum absolute atomic E-state index is 12.4. The number of amides is 1. The summed E-state index contributed by atoms with van der Waals surface area (Å²) in [5.41, 5.74) is 2.77. The Morgan fingerprint density at radius 1 is 1.00 bits per heavy atom. The fourth-order valence-electron chi connectivity index (χ4n) is 3.27. The van der Waals surface area contributed by atoms with Crippen molar-refractivity contribution in [3.8, 4) is 0 Å². The highest BCUT2D eigenvalue weighted by Gasteiger charge is 2.08. The Balaban J connectivity index is 1.36. The molecule has 1 unspecified atom stereocenters. The highest BCUT2D eigenvalue weighted by atomic mass is 16.5. The van der Waals surface area contributed by atoms with Gasteiger partial charge < -0.3 is 25.1 Å². The minimum absolute atomic E-state index is 0.0761. The second-order valence-corrected chi connectivity index (χ2v) is 7.59. The molecule has 2 aromatic carbocycles. The molecule has 0 spiro atoms. The number of hydrogen-bond acceptors (Lipinski definition) is 4. The first kappa shape index (κ1) is 24.1. The van der Waals surface area contributed by atoms with E-state index in [9.17, 15) is 4.79 Å². The van der Waals surface area contributed by atoms with Gasteiger partial charge in [-0.05, 0) is 48.7 Å². The first-order valence-electron chi connectivity index (χ1n) is 11.2. The van der Waals surface area contributed by atoms with Crippen LogP contribution in [0.2, 0.25) is 0 Å². The smallest absolute Gasteiger partial charge is 0.251 e. The van der Waals surface area contributed by atoms with Crippen LogP contribution in [0.25, 0.3) is 0 Å². The third kappa shape index (κ3) is 8.12. The molecule has 0 aliphatic heterocycles. The molecule has 0 saturated heterocycles. The van der Waals surface area contributed by atoms with Crippen LogP contribution >= 0.6 is 0 Å². The lowest BCUT2D eigenvalue weighted by atomic mass is 10.1. The summed E-state index contributed by atoms with van der Waals surface area (Å²) in [6.07, 6.45) is 2.53. The second kappa shape index (κ2) is 13.1. The Morgan fingerprint density at radius 3 is 2.61 bits per heavy atom. The van der Waals surface area contributed by atoms with Crippen molar-refractivity contribution in [1.29, 1.82) is 0 Å². The Bertz CT molecular complexity index is 1000. The molecule has 3 N–H and O–H groups in total. The molecule has 3 aromatic rings. The van der Waals surface area contributed by atoms with Gasteiger partial charge in [0.05, 0.1) is 18.9 Å². The van der Waals surface area contributed by atoms with Crippen LogP contribution in [-0.2, 0) is 17.8 Å². The molecule has 1 heterocycles. The Hall–Kier alpha value is -3.58. The van der Waals surface area contributed by atoms with E-state index in [-0.39, 0.29) is 12.0 Å². The van der Waals surface area contributed by atoms with Gasteiger partial charge in [0.2, 0.25) is 0 Å². The first-order chi connectivity index (χ1) is 16.2. The number of hydrogen-bond donors (Lipinski definition) is 3. The lowest BCUT2D eigenvalue weighted by Crippen LogP contribution is -2.37. The lowest BCUT2D eigenvalue weighted by Gasteiger charge is -2.15. The van der Waals surface area contributed by atoms with Crippen molar-refractivity contribution in [1.82, 2.24) is 16.0 Å². The minimum atomic E-state index is -0.138. The van der Waals surface area contributed by atoms with E-state index in [1.54, 1.807) is 25.4 Å². The molecular formula is C26H32N4O3. The van der Waals surface area contributed by atoms with Crippen LogP contribution in [-0.4, -0.2) is 32.1 Å². The average molecular weight is 449 g/mol. The van der Waals surface area contributed by atoms with Crippen molar-refractivity contribution in [2.75, 3.05) is 20.2 Å². The zero-order valence-electron chi connectivity index (χ0n) is 19.2. The van der Waals surface area contributed by atoms with Crippen LogP contribution in [0, 0.1) is 0 Å². The monoisotopic (exact) mass is 448 g/mol. The second-order valence-electron chi connectivity index (χ2n) is 7.59. The van der Waals surface area contributed by atoms with Gasteiger partial charge in [-0.2, -0.15) is 0 Å². The standard InChI is InChI=1S/C26H32N4O3/c1-20(22-10-4-3-5-11-22)32-16-8-14-28-26(27-2)30-18-21-9-6-12-23(17-21)25(31)29-19-24-13-7-15-33-24/h3-7,9-13,15,17,20H,8,14,16,18-19H2,1-2H3,(H,29,31)(H2,27,28,30). The molecule has 0 aliphatic rings. The number of rotatable bonds is 11. The zero-order chi connectivity index (χ0) is 23.3. The van der Waals surface area contributed by atoms with Crippen LogP contribution in [0.15, 0.2) is 82.4 Å². The number of benzene rings is 2. The van der Waals surface area contributed by atoms with Crippen LogP contribution in [0.4, 0.5) is 0 Å². The van der Waals surface area contributed by atoms with Gasteiger partial charge in [0.1, 0.15) is 5.76 Å². The number of aliphatic imine (C=N–C) groups is 1. The van der Waals surface area contributed by atoms with E-state index in [4.69, 9.17) is 9.15 Å². The first-order valence-corrected chi connectivity index (χ1v) is 11.2. The molecule has 1 amide bonds. The summed E-state index contributed by atoms with van der Waals surface area (Å²) in [5, 5.41) is 9.44. The number of furan rings is 1. The van der Waals surface area contributed by atoms with E-state index in [1.165, 1.54) is 5.56 Å². The van der Waals surface area contributed by atoms with Crippen LogP contribution in [0.1, 0.15) is 46.7 Å². The minimum Gasteiger partial charge on any atom is -0.467 e. The molecule has 1 atom stereocenters. The topological polar surface area (TPSA) is 87.9 Å².